The van der Waals surface area contributed by atoms with Crippen LogP contribution >= 0.6 is 11.8 Å². The Morgan fingerprint density at radius 1 is 0.854 bits per heavy atom. The van der Waals surface area contributed by atoms with E-state index in [2.05, 4.69) is 6.92 Å². The summed E-state index contributed by atoms with van der Waals surface area (Å²) in [6, 6.07) is 6.29. The van der Waals surface area contributed by atoms with Crippen LogP contribution in [0.1, 0.15) is 102 Å². The van der Waals surface area contributed by atoms with E-state index in [4.69, 9.17) is 13.9 Å². The highest BCUT2D eigenvalue weighted by molar-refractivity contribution is 8.13. The fourth-order valence-corrected chi connectivity index (χ4v) is 6.11. The summed E-state index contributed by atoms with van der Waals surface area (Å²) in [5.74, 6) is 0.400. The van der Waals surface area contributed by atoms with E-state index in [1.807, 2.05) is 0 Å². The maximum absolute atomic E-state index is 12.4. The van der Waals surface area contributed by atoms with Crippen LogP contribution in [0.4, 0.5) is 0 Å². The van der Waals surface area contributed by atoms with Crippen LogP contribution in [0, 0.1) is 6.92 Å². The molecule has 2 heterocycles. The van der Waals surface area contributed by atoms with Crippen molar-refractivity contribution >= 4 is 27.8 Å². The molecule has 41 heavy (non-hydrogen) atoms. The second kappa shape index (κ2) is 17.9. The van der Waals surface area contributed by atoms with E-state index in [-0.39, 0.29) is 16.6 Å². The zero-order valence-electron chi connectivity index (χ0n) is 24.6. The van der Waals surface area contributed by atoms with Crippen molar-refractivity contribution in [3.05, 3.63) is 40.2 Å². The number of rotatable bonds is 18. The van der Waals surface area contributed by atoms with Crippen molar-refractivity contribution in [3.63, 3.8) is 0 Å². The minimum absolute atomic E-state index is 0.0156. The number of aryl methyl sites for hydroxylation is 1. The number of carbonyl (C=O) groups excluding carboxylic acids is 1. The topological polar surface area (TPSA) is 126 Å². The molecule has 0 radical (unpaired) electrons. The first-order chi connectivity index (χ1) is 19.8. The van der Waals surface area contributed by atoms with Crippen LogP contribution in [0.2, 0.25) is 0 Å². The van der Waals surface area contributed by atoms with Gasteiger partial charge in [-0.25, -0.2) is 4.79 Å². The van der Waals surface area contributed by atoms with Crippen molar-refractivity contribution in [1.82, 2.24) is 0 Å². The lowest BCUT2D eigenvalue weighted by Gasteiger charge is -2.40. The Morgan fingerprint density at radius 2 is 1.46 bits per heavy atom. The van der Waals surface area contributed by atoms with Gasteiger partial charge in [-0.15, -0.1) is 0 Å². The van der Waals surface area contributed by atoms with E-state index < -0.39 is 36.3 Å². The van der Waals surface area contributed by atoms with Gasteiger partial charge < -0.3 is 29.2 Å². The Bertz CT molecular complexity index is 1120. The van der Waals surface area contributed by atoms with Crippen LogP contribution < -0.4 is 10.4 Å². The average molecular weight is 593 g/mol. The van der Waals surface area contributed by atoms with Crippen LogP contribution in [0.5, 0.6) is 5.75 Å². The minimum Gasteiger partial charge on any atom is -0.462 e. The van der Waals surface area contributed by atoms with Crippen molar-refractivity contribution in [2.24, 2.45) is 0 Å². The van der Waals surface area contributed by atoms with Gasteiger partial charge in [0.1, 0.15) is 29.6 Å². The molecular formula is C32H48O8S. The fourth-order valence-electron chi connectivity index (χ4n) is 5.20. The molecule has 3 rings (SSSR count). The maximum Gasteiger partial charge on any atom is 0.336 e. The zero-order chi connectivity index (χ0) is 29.6. The van der Waals surface area contributed by atoms with Crippen LogP contribution in [-0.4, -0.2) is 56.9 Å². The number of hydrogen-bond acceptors (Lipinski definition) is 9. The van der Waals surface area contributed by atoms with E-state index in [1.54, 1.807) is 19.1 Å². The third kappa shape index (κ3) is 11.0. The number of ether oxygens (including phenoxy) is 2. The third-order valence-corrected chi connectivity index (χ3v) is 8.76. The molecule has 1 aliphatic heterocycles. The lowest BCUT2D eigenvalue weighted by Crippen LogP contribution is -2.59. The smallest absolute Gasteiger partial charge is 0.336 e. The minimum atomic E-state index is -1.51. The predicted molar refractivity (Wildman–Crippen MR) is 162 cm³/mol. The molecule has 0 bridgehead atoms. The highest BCUT2D eigenvalue weighted by Gasteiger charge is 2.45. The molecule has 1 aliphatic rings. The molecule has 0 aliphatic carbocycles. The Morgan fingerprint density at radius 3 is 2.10 bits per heavy atom. The number of aliphatic hydroxyl groups excluding tert-OH is 3. The van der Waals surface area contributed by atoms with E-state index in [0.717, 1.165) is 42.0 Å². The van der Waals surface area contributed by atoms with E-state index in [1.165, 1.54) is 76.3 Å². The Hall–Kier alpha value is -1.91. The molecule has 9 heteroatoms. The number of aliphatic hydroxyl groups is 3. The quantitative estimate of drug-likeness (QED) is 0.140. The zero-order valence-corrected chi connectivity index (χ0v) is 25.4. The average Bonchev–Trinajstić information content (AvgIpc) is 2.94. The number of hydrogen-bond donors (Lipinski definition) is 3. The molecule has 1 aromatic carbocycles. The Labute approximate surface area is 247 Å². The van der Waals surface area contributed by atoms with Crippen LogP contribution in [0.3, 0.4) is 0 Å². The molecule has 5 atom stereocenters. The summed E-state index contributed by atoms with van der Waals surface area (Å²) in [7, 11) is 0. The van der Waals surface area contributed by atoms with Gasteiger partial charge in [-0.3, -0.25) is 4.79 Å². The number of fused-ring (bicyclic) bond motifs is 1. The predicted octanol–water partition coefficient (Wildman–Crippen LogP) is 6.03. The van der Waals surface area contributed by atoms with Gasteiger partial charge in [-0.2, -0.15) is 0 Å². The lowest BCUT2D eigenvalue weighted by atomic mass is 10.00. The third-order valence-electron chi connectivity index (χ3n) is 7.74. The summed E-state index contributed by atoms with van der Waals surface area (Å²) >= 11 is 1.07. The second-order valence-electron chi connectivity index (χ2n) is 11.2. The Balaban J connectivity index is 1.34. The molecule has 0 spiro atoms. The van der Waals surface area contributed by atoms with Gasteiger partial charge in [0.15, 0.2) is 5.12 Å². The number of unbranched alkanes of at least 4 members (excludes halogenated alkanes) is 12. The van der Waals surface area contributed by atoms with Gasteiger partial charge in [0, 0.05) is 29.7 Å². The number of benzene rings is 1. The van der Waals surface area contributed by atoms with Gasteiger partial charge in [0.2, 0.25) is 6.29 Å². The van der Waals surface area contributed by atoms with Gasteiger partial charge in [0.05, 0.1) is 6.10 Å². The molecular weight excluding hydrogens is 544 g/mol. The highest BCUT2D eigenvalue weighted by atomic mass is 32.2. The van der Waals surface area contributed by atoms with Crippen LogP contribution in [0.25, 0.3) is 11.0 Å². The van der Waals surface area contributed by atoms with Crippen molar-refractivity contribution in [2.45, 2.75) is 134 Å². The molecule has 1 aromatic heterocycles. The molecule has 0 unspecified atom stereocenters. The van der Waals surface area contributed by atoms with Crippen molar-refractivity contribution in [1.29, 1.82) is 0 Å². The molecule has 0 amide bonds. The summed E-state index contributed by atoms with van der Waals surface area (Å²) in [5, 5.41) is 32.0. The second-order valence-corrected chi connectivity index (χ2v) is 12.3. The summed E-state index contributed by atoms with van der Waals surface area (Å²) in [5.41, 5.74) is 0.598. The largest absolute Gasteiger partial charge is 0.462 e. The highest BCUT2D eigenvalue weighted by Crippen LogP contribution is 2.29. The Kier molecular flexibility index (Phi) is 14.7. The van der Waals surface area contributed by atoms with E-state index in [0.29, 0.717) is 12.0 Å². The van der Waals surface area contributed by atoms with Crippen molar-refractivity contribution in [3.8, 4) is 5.75 Å². The molecule has 1 fully saturated rings. The summed E-state index contributed by atoms with van der Waals surface area (Å²) in [6.45, 7) is 4.05. The first kappa shape index (κ1) is 33.6. The van der Waals surface area contributed by atoms with Gasteiger partial charge in [-0.1, -0.05) is 95.7 Å². The molecule has 8 nitrogen and oxygen atoms in total. The lowest BCUT2D eigenvalue weighted by molar-refractivity contribution is -0.267. The first-order valence-electron chi connectivity index (χ1n) is 15.4. The monoisotopic (exact) mass is 592 g/mol. The van der Waals surface area contributed by atoms with Crippen molar-refractivity contribution < 1.29 is 34.0 Å². The summed E-state index contributed by atoms with van der Waals surface area (Å²) in [4.78, 5) is 24.2. The normalized spacial score (nSPS) is 22.7. The van der Waals surface area contributed by atoms with Crippen molar-refractivity contribution in [2.75, 3.05) is 5.75 Å². The standard InChI is InChI=1S/C32H48O8S/c1-3-4-5-6-7-8-9-10-11-12-13-14-15-16-28(34)41-21-26-29(35)30(36)31(37)32(40-26)38-23-17-18-24-22(2)19-27(33)39-25(24)20-23/h17-20,26,29-32,35-37H,3-16,21H2,1-2H3/t26-,29+,30+,31-,32+/m0/s1. The van der Waals surface area contributed by atoms with Gasteiger partial charge in [-0.05, 0) is 31.0 Å². The van der Waals surface area contributed by atoms with Crippen LogP contribution in [0.15, 0.2) is 33.5 Å². The summed E-state index contributed by atoms with van der Waals surface area (Å²) < 4.78 is 16.8. The van der Waals surface area contributed by atoms with Crippen LogP contribution in [-0.2, 0) is 9.53 Å². The first-order valence-corrected chi connectivity index (χ1v) is 16.3. The number of thioether (sulfide) groups is 1. The summed E-state index contributed by atoms with van der Waals surface area (Å²) in [6.07, 6.45) is 10.1. The molecule has 1 saturated heterocycles. The van der Waals surface area contributed by atoms with Gasteiger partial charge in [0.25, 0.3) is 0 Å². The molecule has 230 valence electrons. The van der Waals surface area contributed by atoms with E-state index in [9.17, 15) is 24.9 Å². The fraction of sp³-hybridized carbons (Fsp3) is 0.688. The number of carbonyl (C=O) groups is 1. The van der Waals surface area contributed by atoms with Gasteiger partial charge >= 0.3 is 5.63 Å². The molecule has 2 aromatic rings. The maximum atomic E-state index is 12.4. The molecule has 0 saturated carbocycles. The van der Waals surface area contributed by atoms with E-state index >= 15 is 0 Å². The molecule has 3 N–H and O–H groups in total. The SMILES string of the molecule is CCCCCCCCCCCCCCCC(=O)SC[C@@H]1O[C@@H](Oc2ccc3c(C)cc(=O)oc3c2)[C@@H](O)[C@H](O)[C@@H]1O.